The zero-order valence-electron chi connectivity index (χ0n) is 15.5. The zero-order chi connectivity index (χ0) is 18.8. The van der Waals surface area contributed by atoms with Gasteiger partial charge >= 0.3 is 0 Å². The molecule has 0 aromatic heterocycles. The van der Waals surface area contributed by atoms with Crippen LogP contribution in [0.5, 0.6) is 17.2 Å². The highest BCUT2D eigenvalue weighted by Crippen LogP contribution is 2.29. The Labute approximate surface area is 154 Å². The summed E-state index contributed by atoms with van der Waals surface area (Å²) in [5.74, 6) is 2.18. The molecule has 0 heterocycles. The third-order valence-corrected chi connectivity index (χ3v) is 3.96. The van der Waals surface area contributed by atoms with Gasteiger partial charge in [-0.05, 0) is 36.2 Å². The molecule has 0 fully saturated rings. The standard InChI is InChI=1S/C20H26N2O4/c1-24-17-7-4-15(5-8-17)10-12-22-20(23)11-13-21-16-6-9-18(25-2)19(14-16)26-3/h4-9,14,21H,10-13H2,1-3H3,(H,22,23). The molecule has 0 aliphatic carbocycles. The Hall–Kier alpha value is -2.89. The molecule has 2 aromatic rings. The fourth-order valence-electron chi connectivity index (χ4n) is 2.49. The number of methoxy groups -OCH3 is 3. The molecule has 6 heteroatoms. The summed E-state index contributed by atoms with van der Waals surface area (Å²) >= 11 is 0. The van der Waals surface area contributed by atoms with Crippen LogP contribution in [0.25, 0.3) is 0 Å². The first-order valence-corrected chi connectivity index (χ1v) is 8.51. The van der Waals surface area contributed by atoms with E-state index in [1.807, 2.05) is 42.5 Å². The van der Waals surface area contributed by atoms with Crippen molar-refractivity contribution in [2.45, 2.75) is 12.8 Å². The first-order valence-electron chi connectivity index (χ1n) is 8.51. The second kappa shape index (κ2) is 10.2. The number of rotatable bonds is 10. The molecule has 2 aromatic carbocycles. The van der Waals surface area contributed by atoms with Gasteiger partial charge < -0.3 is 24.8 Å². The molecule has 2 N–H and O–H groups in total. The van der Waals surface area contributed by atoms with E-state index in [2.05, 4.69) is 10.6 Å². The summed E-state index contributed by atoms with van der Waals surface area (Å²) in [6.07, 6.45) is 1.19. The smallest absolute Gasteiger partial charge is 0.221 e. The predicted molar refractivity (Wildman–Crippen MR) is 102 cm³/mol. The summed E-state index contributed by atoms with van der Waals surface area (Å²) in [5, 5.41) is 6.14. The fourth-order valence-corrected chi connectivity index (χ4v) is 2.49. The fraction of sp³-hybridized carbons (Fsp3) is 0.350. The third-order valence-electron chi connectivity index (χ3n) is 3.96. The summed E-state index contributed by atoms with van der Waals surface area (Å²) in [6.45, 7) is 1.16. The Morgan fingerprint density at radius 2 is 1.62 bits per heavy atom. The number of ether oxygens (including phenoxy) is 3. The summed E-state index contributed by atoms with van der Waals surface area (Å²) in [6, 6.07) is 13.4. The molecule has 26 heavy (non-hydrogen) atoms. The SMILES string of the molecule is COc1ccc(CCNC(=O)CCNc2ccc(OC)c(OC)c2)cc1. The minimum Gasteiger partial charge on any atom is -0.497 e. The van der Waals surface area contributed by atoms with Gasteiger partial charge in [-0.3, -0.25) is 4.79 Å². The number of hydrogen-bond acceptors (Lipinski definition) is 5. The van der Waals surface area contributed by atoms with E-state index in [0.717, 1.165) is 23.4 Å². The van der Waals surface area contributed by atoms with Gasteiger partial charge in [-0.25, -0.2) is 0 Å². The van der Waals surface area contributed by atoms with Crippen LogP contribution in [0, 0.1) is 0 Å². The molecular weight excluding hydrogens is 332 g/mol. The Kier molecular flexibility index (Phi) is 7.61. The Bertz CT molecular complexity index is 701. The quantitative estimate of drug-likeness (QED) is 0.683. The lowest BCUT2D eigenvalue weighted by atomic mass is 10.1. The van der Waals surface area contributed by atoms with Crippen LogP contribution >= 0.6 is 0 Å². The molecule has 1 amide bonds. The van der Waals surface area contributed by atoms with E-state index in [1.165, 1.54) is 0 Å². The molecule has 0 aliphatic rings. The molecule has 0 radical (unpaired) electrons. The minimum atomic E-state index is 0.0199. The van der Waals surface area contributed by atoms with Gasteiger partial charge in [0.15, 0.2) is 11.5 Å². The topological polar surface area (TPSA) is 68.8 Å². The number of hydrogen-bond donors (Lipinski definition) is 2. The molecule has 140 valence electrons. The number of anilines is 1. The molecule has 0 saturated carbocycles. The highest BCUT2D eigenvalue weighted by molar-refractivity contribution is 5.76. The van der Waals surface area contributed by atoms with Crippen LogP contribution in [-0.2, 0) is 11.2 Å². The number of carbonyl (C=O) groups is 1. The third kappa shape index (κ3) is 5.88. The first kappa shape index (κ1) is 19.4. The summed E-state index contributed by atoms with van der Waals surface area (Å²) < 4.78 is 15.6. The van der Waals surface area contributed by atoms with E-state index < -0.39 is 0 Å². The van der Waals surface area contributed by atoms with Crippen LogP contribution in [0.4, 0.5) is 5.69 Å². The molecular formula is C20H26N2O4. The lowest BCUT2D eigenvalue weighted by Crippen LogP contribution is -2.27. The molecule has 0 spiro atoms. The first-order chi connectivity index (χ1) is 12.7. The molecule has 6 nitrogen and oxygen atoms in total. The van der Waals surface area contributed by atoms with Gasteiger partial charge in [0.25, 0.3) is 0 Å². The molecule has 0 aliphatic heterocycles. The van der Waals surface area contributed by atoms with Gasteiger partial charge in [-0.2, -0.15) is 0 Å². The second-order valence-corrected chi connectivity index (χ2v) is 5.69. The summed E-state index contributed by atoms with van der Waals surface area (Å²) in [4.78, 5) is 11.9. The van der Waals surface area contributed by atoms with Gasteiger partial charge in [0.05, 0.1) is 21.3 Å². The van der Waals surface area contributed by atoms with Crippen LogP contribution in [0.3, 0.4) is 0 Å². The normalized spacial score (nSPS) is 10.1. The van der Waals surface area contributed by atoms with Gasteiger partial charge in [0.2, 0.25) is 5.91 Å². The lowest BCUT2D eigenvalue weighted by molar-refractivity contribution is -0.120. The van der Waals surface area contributed by atoms with Crippen molar-refractivity contribution < 1.29 is 19.0 Å². The van der Waals surface area contributed by atoms with E-state index >= 15 is 0 Å². The van der Waals surface area contributed by atoms with Crippen molar-refractivity contribution in [3.8, 4) is 17.2 Å². The van der Waals surface area contributed by atoms with Crippen LogP contribution in [0.1, 0.15) is 12.0 Å². The van der Waals surface area contributed by atoms with Crippen molar-refractivity contribution in [1.82, 2.24) is 5.32 Å². The Morgan fingerprint density at radius 3 is 2.27 bits per heavy atom. The zero-order valence-corrected chi connectivity index (χ0v) is 15.5. The lowest BCUT2D eigenvalue weighted by Gasteiger charge is -2.11. The molecule has 0 bridgehead atoms. The number of carbonyl (C=O) groups excluding carboxylic acids is 1. The monoisotopic (exact) mass is 358 g/mol. The van der Waals surface area contributed by atoms with Crippen molar-refractivity contribution in [3.05, 3.63) is 48.0 Å². The summed E-state index contributed by atoms with van der Waals surface area (Å²) in [5.41, 5.74) is 2.04. The van der Waals surface area contributed by atoms with Crippen LogP contribution in [0.15, 0.2) is 42.5 Å². The largest absolute Gasteiger partial charge is 0.497 e. The number of amides is 1. The molecule has 2 rings (SSSR count). The van der Waals surface area contributed by atoms with Crippen molar-refractivity contribution in [3.63, 3.8) is 0 Å². The number of benzene rings is 2. The van der Waals surface area contributed by atoms with Gasteiger partial charge in [0, 0.05) is 31.3 Å². The van der Waals surface area contributed by atoms with Crippen molar-refractivity contribution >= 4 is 11.6 Å². The maximum Gasteiger partial charge on any atom is 0.221 e. The van der Waals surface area contributed by atoms with Crippen molar-refractivity contribution in [2.75, 3.05) is 39.7 Å². The predicted octanol–water partition coefficient (Wildman–Crippen LogP) is 2.87. The maximum atomic E-state index is 11.9. The van der Waals surface area contributed by atoms with Crippen LogP contribution < -0.4 is 24.8 Å². The van der Waals surface area contributed by atoms with Crippen molar-refractivity contribution in [2.24, 2.45) is 0 Å². The summed E-state index contributed by atoms with van der Waals surface area (Å²) in [7, 11) is 4.84. The Balaban J connectivity index is 1.68. The van der Waals surface area contributed by atoms with Gasteiger partial charge in [0.1, 0.15) is 5.75 Å². The molecule has 0 unspecified atom stereocenters. The molecule has 0 saturated heterocycles. The Morgan fingerprint density at radius 1 is 0.885 bits per heavy atom. The highest BCUT2D eigenvalue weighted by Gasteiger charge is 2.05. The van der Waals surface area contributed by atoms with Crippen LogP contribution in [-0.4, -0.2) is 40.3 Å². The van der Waals surface area contributed by atoms with E-state index in [9.17, 15) is 4.79 Å². The highest BCUT2D eigenvalue weighted by atomic mass is 16.5. The van der Waals surface area contributed by atoms with Gasteiger partial charge in [-0.1, -0.05) is 12.1 Å². The van der Waals surface area contributed by atoms with Crippen LogP contribution in [0.2, 0.25) is 0 Å². The minimum absolute atomic E-state index is 0.0199. The van der Waals surface area contributed by atoms with E-state index in [1.54, 1.807) is 21.3 Å². The van der Waals surface area contributed by atoms with Gasteiger partial charge in [-0.15, -0.1) is 0 Å². The number of nitrogens with one attached hydrogen (secondary N) is 2. The van der Waals surface area contributed by atoms with E-state index in [-0.39, 0.29) is 5.91 Å². The maximum absolute atomic E-state index is 11.9. The molecule has 0 atom stereocenters. The van der Waals surface area contributed by atoms with Crippen molar-refractivity contribution in [1.29, 1.82) is 0 Å². The average molecular weight is 358 g/mol. The van der Waals surface area contributed by atoms with E-state index in [4.69, 9.17) is 14.2 Å². The average Bonchev–Trinajstić information content (AvgIpc) is 2.68. The second-order valence-electron chi connectivity index (χ2n) is 5.69. The van der Waals surface area contributed by atoms with E-state index in [0.29, 0.717) is 31.0 Å².